The van der Waals surface area contributed by atoms with Gasteiger partial charge in [0.05, 0.1) is 11.1 Å². The zero-order valence-corrected chi connectivity index (χ0v) is 11.9. The average molecular weight is 297 g/mol. The van der Waals surface area contributed by atoms with Crippen LogP contribution in [0.3, 0.4) is 0 Å². The zero-order valence-electron chi connectivity index (χ0n) is 10.4. The van der Waals surface area contributed by atoms with Crippen LogP contribution in [0.5, 0.6) is 11.5 Å². The van der Waals surface area contributed by atoms with Crippen LogP contribution in [-0.4, -0.2) is 5.11 Å². The summed E-state index contributed by atoms with van der Waals surface area (Å²) in [6, 6.07) is 12.5. The largest absolute Gasteiger partial charge is 0.456 e. The molecule has 2 rings (SSSR count). The normalized spacial score (nSPS) is 12.2. The van der Waals surface area contributed by atoms with Crippen LogP contribution in [0.4, 0.5) is 0 Å². The molecule has 0 amide bonds. The summed E-state index contributed by atoms with van der Waals surface area (Å²) < 4.78 is 5.66. The smallest absolute Gasteiger partial charge is 0.147 e. The molecule has 0 spiro atoms. The maximum absolute atomic E-state index is 9.71. The third-order valence-electron chi connectivity index (χ3n) is 2.80. The summed E-state index contributed by atoms with van der Waals surface area (Å²) in [7, 11) is 0. The first-order valence-electron chi connectivity index (χ1n) is 6.01. The van der Waals surface area contributed by atoms with Crippen molar-refractivity contribution < 1.29 is 9.84 Å². The van der Waals surface area contributed by atoms with E-state index in [1.165, 1.54) is 0 Å². The quantitative estimate of drug-likeness (QED) is 0.837. The first-order valence-corrected chi connectivity index (χ1v) is 6.77. The van der Waals surface area contributed by atoms with Crippen molar-refractivity contribution in [1.82, 2.24) is 0 Å². The van der Waals surface area contributed by atoms with Gasteiger partial charge in [-0.25, -0.2) is 0 Å². The van der Waals surface area contributed by atoms with E-state index in [0.717, 1.165) is 5.56 Å². The average Bonchev–Trinajstić information content (AvgIpc) is 2.44. The van der Waals surface area contributed by atoms with Crippen molar-refractivity contribution >= 4 is 23.2 Å². The van der Waals surface area contributed by atoms with Crippen LogP contribution in [0.15, 0.2) is 42.5 Å². The lowest BCUT2D eigenvalue weighted by atomic mass is 10.1. The second kappa shape index (κ2) is 6.29. The summed E-state index contributed by atoms with van der Waals surface area (Å²) in [4.78, 5) is 0. The molecule has 2 aromatic carbocycles. The van der Waals surface area contributed by atoms with Crippen LogP contribution in [0, 0.1) is 0 Å². The van der Waals surface area contributed by atoms with Crippen molar-refractivity contribution in [2.24, 2.45) is 0 Å². The second-order valence-corrected chi connectivity index (χ2v) is 4.93. The van der Waals surface area contributed by atoms with Crippen LogP contribution in [0.2, 0.25) is 10.0 Å². The van der Waals surface area contributed by atoms with Gasteiger partial charge >= 0.3 is 0 Å². The molecular formula is C15H14Cl2O2. The van der Waals surface area contributed by atoms with E-state index in [9.17, 15) is 5.11 Å². The predicted octanol–water partition coefficient (Wildman–Crippen LogP) is 5.23. The fourth-order valence-corrected chi connectivity index (χ4v) is 2.01. The van der Waals surface area contributed by atoms with Gasteiger partial charge in [-0.2, -0.15) is 0 Å². The predicted molar refractivity (Wildman–Crippen MR) is 78.2 cm³/mol. The number of ether oxygens (including phenoxy) is 1. The van der Waals surface area contributed by atoms with Gasteiger partial charge in [0.15, 0.2) is 0 Å². The Kier molecular flexibility index (Phi) is 4.70. The van der Waals surface area contributed by atoms with Gasteiger partial charge in [-0.15, -0.1) is 0 Å². The van der Waals surface area contributed by atoms with E-state index in [2.05, 4.69) is 0 Å². The topological polar surface area (TPSA) is 29.5 Å². The Morgan fingerprint density at radius 1 is 1.11 bits per heavy atom. The number of halogens is 2. The highest BCUT2D eigenvalue weighted by molar-refractivity contribution is 6.42. The van der Waals surface area contributed by atoms with E-state index < -0.39 is 6.10 Å². The molecule has 0 fully saturated rings. The number of hydrogen-bond donors (Lipinski definition) is 1. The highest BCUT2D eigenvalue weighted by Gasteiger charge is 2.08. The molecule has 0 saturated carbocycles. The molecule has 4 heteroatoms. The van der Waals surface area contributed by atoms with E-state index in [4.69, 9.17) is 27.9 Å². The number of hydrogen-bond acceptors (Lipinski definition) is 2. The molecule has 0 aromatic heterocycles. The van der Waals surface area contributed by atoms with E-state index in [1.54, 1.807) is 30.3 Å². The van der Waals surface area contributed by atoms with E-state index in [-0.39, 0.29) is 0 Å². The third kappa shape index (κ3) is 3.41. The molecule has 1 unspecified atom stereocenters. The Labute approximate surface area is 122 Å². The SMILES string of the molecule is CCC(O)c1ccc(Oc2cccc(Cl)c2Cl)cc1. The Balaban J connectivity index is 2.18. The lowest BCUT2D eigenvalue weighted by Gasteiger charge is -2.11. The minimum absolute atomic E-state index is 0.391. The van der Waals surface area contributed by atoms with Crippen molar-refractivity contribution in [1.29, 1.82) is 0 Å². The first kappa shape index (κ1) is 14.2. The Morgan fingerprint density at radius 2 is 1.79 bits per heavy atom. The second-order valence-electron chi connectivity index (χ2n) is 4.15. The first-order chi connectivity index (χ1) is 9.11. The lowest BCUT2D eigenvalue weighted by molar-refractivity contribution is 0.173. The van der Waals surface area contributed by atoms with Crippen LogP contribution >= 0.6 is 23.2 Å². The van der Waals surface area contributed by atoms with Crippen molar-refractivity contribution in [3.63, 3.8) is 0 Å². The highest BCUT2D eigenvalue weighted by atomic mass is 35.5. The molecule has 0 bridgehead atoms. The highest BCUT2D eigenvalue weighted by Crippen LogP contribution is 2.34. The Morgan fingerprint density at radius 3 is 2.42 bits per heavy atom. The van der Waals surface area contributed by atoms with Gasteiger partial charge in [-0.05, 0) is 36.2 Å². The monoisotopic (exact) mass is 296 g/mol. The molecule has 0 aliphatic rings. The van der Waals surface area contributed by atoms with Crippen LogP contribution in [0.25, 0.3) is 0 Å². The standard InChI is InChI=1S/C15H14Cl2O2/c1-2-13(18)10-6-8-11(9-7-10)19-14-5-3-4-12(16)15(14)17/h3-9,13,18H,2H2,1H3. The molecule has 2 aromatic rings. The molecule has 19 heavy (non-hydrogen) atoms. The van der Waals surface area contributed by atoms with Crippen molar-refractivity contribution in [2.75, 3.05) is 0 Å². The molecule has 0 aliphatic heterocycles. The lowest BCUT2D eigenvalue weighted by Crippen LogP contribution is -1.94. The molecule has 100 valence electrons. The van der Waals surface area contributed by atoms with Gasteiger partial charge in [-0.1, -0.05) is 48.3 Å². The van der Waals surface area contributed by atoms with Crippen LogP contribution < -0.4 is 4.74 Å². The third-order valence-corrected chi connectivity index (χ3v) is 3.60. The summed E-state index contributed by atoms with van der Waals surface area (Å²) in [6.07, 6.45) is 0.240. The molecular weight excluding hydrogens is 283 g/mol. The van der Waals surface area contributed by atoms with Crippen molar-refractivity contribution in [3.8, 4) is 11.5 Å². The molecule has 1 atom stereocenters. The van der Waals surface area contributed by atoms with Gasteiger partial charge in [-0.3, -0.25) is 0 Å². The Hall–Kier alpha value is -1.22. The maximum Gasteiger partial charge on any atom is 0.147 e. The van der Waals surface area contributed by atoms with Crippen LogP contribution in [0.1, 0.15) is 25.0 Å². The molecule has 0 heterocycles. The van der Waals surface area contributed by atoms with Gasteiger partial charge in [0.25, 0.3) is 0 Å². The Bertz CT molecular complexity index is 553. The van der Waals surface area contributed by atoms with Crippen molar-refractivity contribution in [3.05, 3.63) is 58.1 Å². The fourth-order valence-electron chi connectivity index (χ4n) is 1.68. The van der Waals surface area contributed by atoms with Gasteiger partial charge < -0.3 is 9.84 Å². The van der Waals surface area contributed by atoms with Crippen LogP contribution in [-0.2, 0) is 0 Å². The summed E-state index contributed by atoms with van der Waals surface area (Å²) in [6.45, 7) is 1.93. The number of aliphatic hydroxyl groups excluding tert-OH is 1. The summed E-state index contributed by atoms with van der Waals surface area (Å²) >= 11 is 12.0. The molecule has 1 N–H and O–H groups in total. The number of rotatable bonds is 4. The minimum Gasteiger partial charge on any atom is -0.456 e. The minimum atomic E-state index is -0.441. The summed E-state index contributed by atoms with van der Waals surface area (Å²) in [5.74, 6) is 1.16. The van der Waals surface area contributed by atoms with Crippen molar-refractivity contribution in [2.45, 2.75) is 19.4 Å². The van der Waals surface area contributed by atoms with E-state index in [1.807, 2.05) is 19.1 Å². The molecule has 0 aliphatic carbocycles. The number of aliphatic hydroxyl groups is 1. The van der Waals surface area contributed by atoms with Gasteiger partial charge in [0, 0.05) is 0 Å². The van der Waals surface area contributed by atoms with Gasteiger partial charge in [0.2, 0.25) is 0 Å². The molecule has 0 radical (unpaired) electrons. The number of benzene rings is 2. The summed E-state index contributed by atoms with van der Waals surface area (Å²) in [5, 5.41) is 10.6. The van der Waals surface area contributed by atoms with Gasteiger partial charge in [0.1, 0.15) is 16.5 Å². The van der Waals surface area contributed by atoms with E-state index >= 15 is 0 Å². The maximum atomic E-state index is 9.71. The zero-order chi connectivity index (χ0) is 13.8. The summed E-state index contributed by atoms with van der Waals surface area (Å²) in [5.41, 5.74) is 0.868. The molecule has 2 nitrogen and oxygen atoms in total. The van der Waals surface area contributed by atoms with E-state index in [0.29, 0.717) is 28.0 Å². The fraction of sp³-hybridized carbons (Fsp3) is 0.200. The molecule has 0 saturated heterocycles.